The van der Waals surface area contributed by atoms with Gasteiger partial charge in [0.25, 0.3) is 0 Å². The number of unbranched alkanes of at least 4 members (excludes halogenated alkanes) is 15. The molecule has 2 aliphatic rings. The lowest BCUT2D eigenvalue weighted by Gasteiger charge is -2.33. The van der Waals surface area contributed by atoms with Gasteiger partial charge in [0.2, 0.25) is 5.91 Å². The summed E-state index contributed by atoms with van der Waals surface area (Å²) in [4.78, 5) is 29.3. The maximum absolute atomic E-state index is 12.8. The van der Waals surface area contributed by atoms with Crippen LogP contribution in [0.1, 0.15) is 122 Å². The Bertz CT molecular complexity index is 653. The number of carbonyl (C=O) groups excluding carboxylic acids is 2. The molecule has 2 atom stereocenters. The highest BCUT2D eigenvalue weighted by Crippen LogP contribution is 2.26. The number of carbonyl (C=O) groups is 2. The van der Waals surface area contributed by atoms with Crippen molar-refractivity contribution in [3.8, 4) is 0 Å². The molecular formula is C32H60ClN3O3. The number of amides is 2. The highest BCUT2D eigenvalue weighted by molar-refractivity contribution is 5.85. The molecular weight excluding hydrogens is 510 g/mol. The van der Waals surface area contributed by atoms with Gasteiger partial charge in [0, 0.05) is 44.6 Å². The Balaban J connectivity index is 0.00000760. The lowest BCUT2D eigenvalue weighted by atomic mass is 9.83. The Morgan fingerprint density at radius 1 is 0.744 bits per heavy atom. The zero-order valence-corrected chi connectivity index (χ0v) is 26.1. The van der Waals surface area contributed by atoms with Crippen molar-refractivity contribution in [3.05, 3.63) is 12.2 Å². The summed E-state index contributed by atoms with van der Waals surface area (Å²) in [6.07, 6.45) is 27.2. The molecule has 2 rings (SSSR count). The molecule has 0 spiro atoms. The number of likely N-dealkylation sites (N-methyl/N-ethyl adjacent to an activating group) is 1. The Kier molecular flexibility index (Phi) is 21.5. The second-order valence-electron chi connectivity index (χ2n) is 11.8. The van der Waals surface area contributed by atoms with E-state index < -0.39 is 0 Å². The van der Waals surface area contributed by atoms with Gasteiger partial charge in [0.1, 0.15) is 0 Å². The summed E-state index contributed by atoms with van der Waals surface area (Å²) < 4.78 is 5.63. The average Bonchev–Trinajstić information content (AvgIpc) is 2.93. The van der Waals surface area contributed by atoms with Crippen molar-refractivity contribution in [1.29, 1.82) is 0 Å². The molecule has 0 saturated carbocycles. The quantitative estimate of drug-likeness (QED) is 0.120. The fourth-order valence-corrected chi connectivity index (χ4v) is 5.65. The molecule has 1 saturated heterocycles. The number of allylic oxidation sites excluding steroid dienone is 2. The topological polar surface area (TPSA) is 61.9 Å². The van der Waals surface area contributed by atoms with Crippen LogP contribution in [-0.4, -0.2) is 68.2 Å². The summed E-state index contributed by atoms with van der Waals surface area (Å²) in [6.45, 7) is 6.55. The third kappa shape index (κ3) is 16.6. The van der Waals surface area contributed by atoms with Gasteiger partial charge in [-0.05, 0) is 26.3 Å². The highest BCUT2D eigenvalue weighted by atomic mass is 35.5. The van der Waals surface area contributed by atoms with Gasteiger partial charge in [-0.25, -0.2) is 4.79 Å². The molecule has 0 aromatic rings. The molecule has 1 heterocycles. The molecule has 6 nitrogen and oxygen atoms in total. The number of hydrogen-bond donors (Lipinski definition) is 1. The minimum atomic E-state index is -0.236. The van der Waals surface area contributed by atoms with E-state index in [1.807, 2.05) is 0 Å². The molecule has 0 aromatic heterocycles. The van der Waals surface area contributed by atoms with Crippen LogP contribution in [0.4, 0.5) is 4.79 Å². The molecule has 1 aliphatic carbocycles. The Morgan fingerprint density at radius 3 is 1.77 bits per heavy atom. The zero-order valence-electron chi connectivity index (χ0n) is 25.3. The van der Waals surface area contributed by atoms with Crippen LogP contribution in [0.2, 0.25) is 0 Å². The first kappa shape index (κ1) is 35.8. The predicted molar refractivity (Wildman–Crippen MR) is 166 cm³/mol. The van der Waals surface area contributed by atoms with Crippen LogP contribution >= 0.6 is 12.4 Å². The summed E-state index contributed by atoms with van der Waals surface area (Å²) in [6, 6.07) is 0. The van der Waals surface area contributed by atoms with Crippen LogP contribution in [0.25, 0.3) is 0 Å². The summed E-state index contributed by atoms with van der Waals surface area (Å²) in [5.41, 5.74) is 0. The first-order chi connectivity index (χ1) is 18.6. The second-order valence-corrected chi connectivity index (χ2v) is 11.8. The highest BCUT2D eigenvalue weighted by Gasteiger charge is 2.30. The van der Waals surface area contributed by atoms with Crippen molar-refractivity contribution in [2.45, 2.75) is 122 Å². The van der Waals surface area contributed by atoms with E-state index in [1.165, 1.54) is 96.3 Å². The number of ether oxygens (including phenoxy) is 1. The lowest BCUT2D eigenvalue weighted by molar-refractivity contribution is -0.127. The molecule has 0 aromatic carbocycles. The van der Waals surface area contributed by atoms with Gasteiger partial charge in [-0.3, -0.25) is 4.79 Å². The molecule has 0 radical (unpaired) electrons. The number of nitrogens with zero attached hydrogens (tertiary/aromatic N) is 2. The van der Waals surface area contributed by atoms with Gasteiger partial charge in [-0.1, -0.05) is 115 Å². The van der Waals surface area contributed by atoms with Crippen LogP contribution in [0, 0.1) is 11.8 Å². The van der Waals surface area contributed by atoms with Crippen LogP contribution in [0.3, 0.4) is 0 Å². The SMILES string of the molecule is CCCCCCCCCCCCCCCCCCNC(=O)C1CC=CCC1COC(=O)N1CCN(C)CC1.Cl. The van der Waals surface area contributed by atoms with Crippen molar-refractivity contribution in [2.75, 3.05) is 46.4 Å². The number of nitrogens with one attached hydrogen (secondary N) is 1. The van der Waals surface area contributed by atoms with Gasteiger partial charge in [-0.2, -0.15) is 0 Å². The van der Waals surface area contributed by atoms with E-state index in [9.17, 15) is 9.59 Å². The number of hydrogen-bond acceptors (Lipinski definition) is 4. The van der Waals surface area contributed by atoms with Gasteiger partial charge in [0.05, 0.1) is 6.61 Å². The van der Waals surface area contributed by atoms with E-state index in [0.29, 0.717) is 19.7 Å². The van der Waals surface area contributed by atoms with Crippen LogP contribution in [-0.2, 0) is 9.53 Å². The standard InChI is InChI=1S/C32H59N3O3.ClH/c1-3-4-5-6-7-8-9-10-11-12-13-14-15-16-17-20-23-33-31(36)30-22-19-18-21-29(30)28-38-32(37)35-26-24-34(2)25-27-35;/h18-19,29-30H,3-17,20-28H2,1-2H3,(H,33,36);1H. The van der Waals surface area contributed by atoms with Gasteiger partial charge in [-0.15, -0.1) is 12.4 Å². The van der Waals surface area contributed by atoms with E-state index in [2.05, 4.69) is 36.3 Å². The van der Waals surface area contributed by atoms with Crippen LogP contribution in [0.5, 0.6) is 0 Å². The van der Waals surface area contributed by atoms with Gasteiger partial charge in [0.15, 0.2) is 0 Å². The van der Waals surface area contributed by atoms with Crippen molar-refractivity contribution in [1.82, 2.24) is 15.1 Å². The fourth-order valence-electron chi connectivity index (χ4n) is 5.65. The molecule has 2 unspecified atom stereocenters. The van der Waals surface area contributed by atoms with Crippen LogP contribution in [0.15, 0.2) is 12.2 Å². The summed E-state index contributed by atoms with van der Waals surface area (Å²) >= 11 is 0. The van der Waals surface area contributed by atoms with E-state index in [4.69, 9.17) is 4.74 Å². The normalized spacial score (nSPS) is 19.5. The Labute approximate surface area is 246 Å². The summed E-state index contributed by atoms with van der Waals surface area (Å²) in [7, 11) is 2.07. The summed E-state index contributed by atoms with van der Waals surface area (Å²) in [5.74, 6) is 0.0968. The molecule has 0 bridgehead atoms. The number of halogens is 1. The molecule has 228 valence electrons. The predicted octanol–water partition coefficient (Wildman–Crippen LogP) is 7.75. The lowest BCUT2D eigenvalue weighted by Crippen LogP contribution is -2.47. The van der Waals surface area contributed by atoms with Gasteiger partial charge >= 0.3 is 6.09 Å². The number of piperazine rings is 1. The second kappa shape index (κ2) is 23.4. The van der Waals surface area contributed by atoms with Crippen molar-refractivity contribution < 1.29 is 14.3 Å². The minimum absolute atomic E-state index is 0. The summed E-state index contributed by atoms with van der Waals surface area (Å²) in [5, 5.41) is 3.16. The largest absolute Gasteiger partial charge is 0.449 e. The third-order valence-electron chi connectivity index (χ3n) is 8.41. The van der Waals surface area contributed by atoms with Crippen molar-refractivity contribution in [2.24, 2.45) is 11.8 Å². The maximum Gasteiger partial charge on any atom is 0.409 e. The monoisotopic (exact) mass is 569 g/mol. The molecule has 7 heteroatoms. The first-order valence-electron chi connectivity index (χ1n) is 16.1. The van der Waals surface area contributed by atoms with E-state index in [0.717, 1.165) is 38.9 Å². The Morgan fingerprint density at radius 2 is 1.23 bits per heavy atom. The van der Waals surface area contributed by atoms with E-state index >= 15 is 0 Å². The smallest absolute Gasteiger partial charge is 0.409 e. The van der Waals surface area contributed by atoms with Crippen molar-refractivity contribution >= 4 is 24.4 Å². The number of rotatable bonds is 20. The average molecular weight is 570 g/mol. The molecule has 2 amide bonds. The molecule has 1 fully saturated rings. The molecule has 39 heavy (non-hydrogen) atoms. The van der Waals surface area contributed by atoms with E-state index in [1.54, 1.807) is 4.90 Å². The van der Waals surface area contributed by atoms with Crippen LogP contribution < -0.4 is 5.32 Å². The minimum Gasteiger partial charge on any atom is -0.449 e. The fraction of sp³-hybridized carbons (Fsp3) is 0.875. The van der Waals surface area contributed by atoms with E-state index in [-0.39, 0.29) is 36.2 Å². The van der Waals surface area contributed by atoms with Gasteiger partial charge < -0.3 is 19.9 Å². The Hall–Kier alpha value is -1.27. The molecule has 1 aliphatic heterocycles. The van der Waals surface area contributed by atoms with Crippen molar-refractivity contribution in [3.63, 3.8) is 0 Å². The molecule has 1 N–H and O–H groups in total. The zero-order chi connectivity index (χ0) is 27.3. The maximum atomic E-state index is 12.8. The first-order valence-corrected chi connectivity index (χ1v) is 16.1. The third-order valence-corrected chi connectivity index (χ3v) is 8.41.